The summed E-state index contributed by atoms with van der Waals surface area (Å²) >= 11 is 0. The Labute approximate surface area is 382 Å². The summed E-state index contributed by atoms with van der Waals surface area (Å²) < 4.78 is 0. The summed E-state index contributed by atoms with van der Waals surface area (Å²) in [6, 6.07) is 43.1. The molecule has 0 spiro atoms. The maximum Gasteiger partial charge on any atom is 0.252 e. The Morgan fingerprint density at radius 3 is 1.16 bits per heavy atom. The maximum absolute atomic E-state index is 2.78. The fourth-order valence-electron chi connectivity index (χ4n) is 20.3. The zero-order chi connectivity index (χ0) is 41.7. The molecule has 12 saturated carbocycles. The molecule has 14 aliphatic rings. The number of benzene rings is 5. The average Bonchev–Trinajstić information content (AvgIpc) is 3.27. The van der Waals surface area contributed by atoms with Crippen LogP contribution in [0, 0.1) is 60.2 Å². The molecule has 12 fully saturated rings. The zero-order valence-corrected chi connectivity index (χ0v) is 38.2. The molecule has 64 heavy (non-hydrogen) atoms. The van der Waals surface area contributed by atoms with Gasteiger partial charge < -0.3 is 9.80 Å². The summed E-state index contributed by atoms with van der Waals surface area (Å²) in [5, 5.41) is 0. The van der Waals surface area contributed by atoms with Gasteiger partial charge in [-0.25, -0.2) is 0 Å². The Balaban J connectivity index is 0.859. The summed E-state index contributed by atoms with van der Waals surface area (Å²) in [7, 11) is 0. The number of hydrogen-bond acceptors (Lipinski definition) is 2. The maximum atomic E-state index is 2.78. The Hall–Kier alpha value is -4.24. The number of anilines is 6. The Morgan fingerprint density at radius 1 is 0.375 bits per heavy atom. The van der Waals surface area contributed by atoms with Crippen LogP contribution in [0.25, 0.3) is 0 Å². The van der Waals surface area contributed by atoms with E-state index in [9.17, 15) is 0 Å². The standard InChI is InChI=1S/C61H65BN2/c1-37-16-56-58-57(17-37)64(51-13-8-48(9-14-51)60-31-41-21-42(32-60)23-43(22-41)33-60)55-15-10-49(61-34-44-24-45(35-61)26-46(25-44)36-61)27-53(55)62(58)52-4-2-3-5-54(52)63(56)50-11-6-47(7-12-50)59-28-38-18-39(29-59)20-40(19-38)30-59/h2-17,27,38-46H,18-26,28-36H2,1H3. The van der Waals surface area contributed by atoms with Gasteiger partial charge in [0.05, 0.1) is 0 Å². The van der Waals surface area contributed by atoms with E-state index in [1.54, 1.807) is 16.7 Å². The first-order chi connectivity index (χ1) is 31.3. The molecule has 0 radical (unpaired) electrons. The van der Waals surface area contributed by atoms with E-state index in [1.807, 2.05) is 0 Å². The van der Waals surface area contributed by atoms with Gasteiger partial charge in [-0.15, -0.1) is 0 Å². The van der Waals surface area contributed by atoms with E-state index >= 15 is 0 Å². The van der Waals surface area contributed by atoms with E-state index in [1.165, 1.54) is 172 Å². The third-order valence-electron chi connectivity index (χ3n) is 21.3. The number of rotatable bonds is 5. The fourth-order valence-corrected chi connectivity index (χ4v) is 20.3. The highest BCUT2D eigenvalue weighted by Gasteiger charge is 2.55. The molecule has 0 amide bonds. The largest absolute Gasteiger partial charge is 0.311 e. The van der Waals surface area contributed by atoms with Gasteiger partial charge in [-0.2, -0.15) is 0 Å². The average molecular weight is 837 g/mol. The summed E-state index contributed by atoms with van der Waals surface area (Å²) in [6.45, 7) is 2.54. The number of nitrogens with zero attached hydrogens (tertiary/aromatic N) is 2. The minimum atomic E-state index is 0.191. The molecule has 5 aromatic carbocycles. The van der Waals surface area contributed by atoms with Crippen molar-refractivity contribution in [1.29, 1.82) is 0 Å². The molecule has 3 heteroatoms. The first kappa shape index (κ1) is 36.9. The molecule has 12 aliphatic carbocycles. The van der Waals surface area contributed by atoms with Gasteiger partial charge in [0.1, 0.15) is 0 Å². The molecule has 0 atom stereocenters. The molecule has 0 N–H and O–H groups in total. The van der Waals surface area contributed by atoms with Crippen molar-refractivity contribution < 1.29 is 0 Å². The lowest BCUT2D eigenvalue weighted by Gasteiger charge is -2.57. The molecular formula is C61H65BN2. The van der Waals surface area contributed by atoms with Crippen molar-refractivity contribution in [3.8, 4) is 0 Å². The van der Waals surface area contributed by atoms with E-state index < -0.39 is 0 Å². The normalized spacial score (nSPS) is 38.5. The highest BCUT2D eigenvalue weighted by atomic mass is 15.2. The second kappa shape index (κ2) is 12.8. The van der Waals surface area contributed by atoms with Crippen LogP contribution in [0.2, 0.25) is 0 Å². The monoisotopic (exact) mass is 837 g/mol. The molecule has 5 aromatic rings. The van der Waals surface area contributed by atoms with Gasteiger partial charge in [0.15, 0.2) is 0 Å². The summed E-state index contributed by atoms with van der Waals surface area (Å²) in [6.07, 6.45) is 26.2. The van der Waals surface area contributed by atoms with Gasteiger partial charge in [-0.3, -0.25) is 0 Å². The van der Waals surface area contributed by atoms with Crippen LogP contribution < -0.4 is 26.2 Å². The Morgan fingerprint density at radius 2 is 0.734 bits per heavy atom. The molecular weight excluding hydrogens is 771 g/mol. The van der Waals surface area contributed by atoms with Gasteiger partial charge in [-0.05, 0) is 279 Å². The lowest BCUT2D eigenvalue weighted by atomic mass is 9.33. The topological polar surface area (TPSA) is 6.48 Å². The third-order valence-corrected chi connectivity index (χ3v) is 21.3. The predicted molar refractivity (Wildman–Crippen MR) is 265 cm³/mol. The molecule has 0 unspecified atom stereocenters. The van der Waals surface area contributed by atoms with Crippen molar-refractivity contribution in [1.82, 2.24) is 0 Å². The van der Waals surface area contributed by atoms with Crippen LogP contribution in [0.15, 0.2) is 103 Å². The summed E-state index contributed by atoms with van der Waals surface area (Å²) in [5.41, 5.74) is 20.0. The van der Waals surface area contributed by atoms with Crippen molar-refractivity contribution in [2.75, 3.05) is 9.80 Å². The number of aryl methyl sites for hydroxylation is 1. The SMILES string of the molecule is Cc1cc2c3c(c1)N(c1ccc(C45CC6CC(CC(C6)C4)C5)cc1)c1ccc(C45CC6CC(CC(C6)C4)C5)cc1B3c1ccccc1N2c1ccc(C23CC4CC(CC(C4)C2)C3)cc1. The minimum absolute atomic E-state index is 0.191. The van der Waals surface area contributed by atoms with Gasteiger partial charge in [0, 0.05) is 34.1 Å². The molecule has 0 aromatic heterocycles. The van der Waals surface area contributed by atoms with Crippen LogP contribution in [0.5, 0.6) is 0 Å². The smallest absolute Gasteiger partial charge is 0.252 e. The highest BCUT2D eigenvalue weighted by molar-refractivity contribution is 7.00. The molecule has 2 nitrogen and oxygen atoms in total. The van der Waals surface area contributed by atoms with E-state index in [0.717, 1.165) is 53.3 Å². The lowest BCUT2D eigenvalue weighted by molar-refractivity contribution is -0.00530. The van der Waals surface area contributed by atoms with Gasteiger partial charge in [0.25, 0.3) is 6.71 Å². The molecule has 2 aliphatic heterocycles. The molecule has 19 rings (SSSR count). The van der Waals surface area contributed by atoms with E-state index in [-0.39, 0.29) is 6.71 Å². The molecule has 0 saturated heterocycles. The van der Waals surface area contributed by atoms with Crippen LogP contribution in [0.1, 0.15) is 138 Å². The van der Waals surface area contributed by atoms with E-state index in [4.69, 9.17) is 0 Å². The van der Waals surface area contributed by atoms with Gasteiger partial charge in [-0.1, -0.05) is 54.6 Å². The van der Waals surface area contributed by atoms with E-state index in [2.05, 4.69) is 120 Å². The van der Waals surface area contributed by atoms with Crippen LogP contribution in [-0.4, -0.2) is 6.71 Å². The van der Waals surface area contributed by atoms with Crippen molar-refractivity contribution in [2.24, 2.45) is 53.3 Å². The minimum Gasteiger partial charge on any atom is -0.311 e. The number of para-hydroxylation sites is 1. The summed E-state index contributed by atoms with van der Waals surface area (Å²) in [4.78, 5) is 5.39. The number of hydrogen-bond donors (Lipinski definition) is 0. The van der Waals surface area contributed by atoms with E-state index in [0.29, 0.717) is 16.2 Å². The third kappa shape index (κ3) is 5.11. The fraction of sp³-hybridized carbons (Fsp3) is 0.508. The molecule has 12 bridgehead atoms. The second-order valence-corrected chi connectivity index (χ2v) is 25.3. The van der Waals surface area contributed by atoms with Crippen LogP contribution in [0.4, 0.5) is 34.1 Å². The van der Waals surface area contributed by atoms with Gasteiger partial charge in [0.2, 0.25) is 0 Å². The first-order valence-corrected chi connectivity index (χ1v) is 26.5. The van der Waals surface area contributed by atoms with Crippen LogP contribution in [0.3, 0.4) is 0 Å². The quantitative estimate of drug-likeness (QED) is 0.159. The van der Waals surface area contributed by atoms with Crippen LogP contribution in [-0.2, 0) is 16.2 Å². The Bertz CT molecular complexity index is 2640. The second-order valence-electron chi connectivity index (χ2n) is 25.3. The zero-order valence-electron chi connectivity index (χ0n) is 38.2. The number of fused-ring (bicyclic) bond motifs is 4. The lowest BCUT2D eigenvalue weighted by Crippen LogP contribution is -2.61. The van der Waals surface area contributed by atoms with Crippen molar-refractivity contribution >= 4 is 57.2 Å². The van der Waals surface area contributed by atoms with Crippen molar-refractivity contribution in [2.45, 2.75) is 139 Å². The summed E-state index contributed by atoms with van der Waals surface area (Å²) in [5.74, 6) is 8.53. The highest BCUT2D eigenvalue weighted by Crippen LogP contribution is 2.64. The van der Waals surface area contributed by atoms with Gasteiger partial charge >= 0.3 is 0 Å². The van der Waals surface area contributed by atoms with Crippen molar-refractivity contribution in [3.63, 3.8) is 0 Å². The molecule has 322 valence electrons. The first-order valence-electron chi connectivity index (χ1n) is 26.5. The Kier molecular flexibility index (Phi) is 7.39. The van der Waals surface area contributed by atoms with Crippen LogP contribution >= 0.6 is 0 Å². The van der Waals surface area contributed by atoms with Crippen molar-refractivity contribution in [3.05, 3.63) is 125 Å². The predicted octanol–water partition coefficient (Wildman–Crippen LogP) is 13.5. The molecule has 2 heterocycles.